The quantitative estimate of drug-likeness (QED) is 0.467. The molecule has 0 saturated carbocycles. The monoisotopic (exact) mass is 356 g/mol. The fourth-order valence-electron chi connectivity index (χ4n) is 8.26. The number of fused-ring (bicyclic) bond motifs is 4. The van der Waals surface area contributed by atoms with Crippen molar-refractivity contribution in [2.75, 3.05) is 0 Å². The average molecular weight is 357 g/mol. The first-order valence-electron chi connectivity index (χ1n) is 12.1. The summed E-state index contributed by atoms with van der Waals surface area (Å²) in [7, 11) is 0. The molecular weight excluding hydrogens is 324 g/mol. The second kappa shape index (κ2) is 5.62. The van der Waals surface area contributed by atoms with Crippen molar-refractivity contribution in [3.63, 3.8) is 0 Å². The van der Waals surface area contributed by atoms with Crippen LogP contribution in [0.3, 0.4) is 0 Å². The summed E-state index contributed by atoms with van der Waals surface area (Å²) in [5, 5.41) is 3.55. The molecule has 0 spiro atoms. The first-order chi connectivity index (χ1) is 13.4. The van der Waals surface area contributed by atoms with Gasteiger partial charge in [-0.2, -0.15) is 0 Å². The maximum Gasteiger partial charge on any atom is -0.0111 e. The predicted octanol–water partition coefficient (Wildman–Crippen LogP) is 7.23. The number of rotatable bonds is 0. The lowest BCUT2D eigenvalue weighted by atomic mass is 9.62. The van der Waals surface area contributed by atoms with Gasteiger partial charge in [-0.1, -0.05) is 6.07 Å². The van der Waals surface area contributed by atoms with E-state index in [0.29, 0.717) is 0 Å². The van der Waals surface area contributed by atoms with Crippen LogP contribution in [-0.4, -0.2) is 0 Å². The van der Waals surface area contributed by atoms with Crippen molar-refractivity contribution in [2.24, 2.45) is 0 Å². The molecular formula is C27H32. The SMILES string of the molecule is c1c2c3c(c4c5c6c7c(c14)CCCC7CCC6CCC5)CCCC3CCC2. The Bertz CT molecular complexity index is 960. The molecule has 0 radical (unpaired) electrons. The van der Waals surface area contributed by atoms with Gasteiger partial charge in [-0.3, -0.25) is 0 Å². The highest BCUT2D eigenvalue weighted by molar-refractivity contribution is 5.96. The van der Waals surface area contributed by atoms with Crippen LogP contribution in [-0.2, 0) is 25.7 Å². The molecule has 0 aromatic heterocycles. The number of benzene rings is 2. The van der Waals surface area contributed by atoms with Gasteiger partial charge in [0.25, 0.3) is 0 Å². The summed E-state index contributed by atoms with van der Waals surface area (Å²) in [4.78, 5) is 0. The Hall–Kier alpha value is -1.30. The summed E-state index contributed by atoms with van der Waals surface area (Å²) < 4.78 is 0. The van der Waals surface area contributed by atoms with Gasteiger partial charge in [-0.05, 0) is 157 Å². The minimum atomic E-state index is 0.897. The molecule has 0 amide bonds. The maximum absolute atomic E-state index is 2.73. The Kier molecular flexibility index (Phi) is 3.25. The fraction of sp³-hybridized carbons (Fsp3) is 0.630. The van der Waals surface area contributed by atoms with Gasteiger partial charge in [0.2, 0.25) is 0 Å². The van der Waals surface area contributed by atoms with Crippen molar-refractivity contribution in [3.8, 4) is 0 Å². The van der Waals surface area contributed by atoms with Crippen molar-refractivity contribution in [1.29, 1.82) is 0 Å². The van der Waals surface area contributed by atoms with Crippen molar-refractivity contribution in [3.05, 3.63) is 45.0 Å². The van der Waals surface area contributed by atoms with Crippen molar-refractivity contribution in [1.82, 2.24) is 0 Å². The molecule has 0 fully saturated rings. The van der Waals surface area contributed by atoms with Gasteiger partial charge in [-0.25, -0.2) is 0 Å². The molecule has 3 atom stereocenters. The summed E-state index contributed by atoms with van der Waals surface area (Å²) in [6.45, 7) is 0. The molecule has 7 rings (SSSR count). The first kappa shape index (κ1) is 15.6. The van der Waals surface area contributed by atoms with E-state index in [0.717, 1.165) is 17.8 Å². The van der Waals surface area contributed by atoms with Crippen LogP contribution in [0.1, 0.15) is 121 Å². The fourth-order valence-corrected chi connectivity index (χ4v) is 8.26. The molecule has 140 valence electrons. The second-order valence-corrected chi connectivity index (χ2v) is 10.4. The molecule has 0 bridgehead atoms. The van der Waals surface area contributed by atoms with Crippen molar-refractivity contribution >= 4 is 10.8 Å². The first-order valence-corrected chi connectivity index (χ1v) is 12.1. The van der Waals surface area contributed by atoms with Crippen LogP contribution in [0.15, 0.2) is 6.07 Å². The number of hydrogen-bond donors (Lipinski definition) is 0. The summed E-state index contributed by atoms with van der Waals surface area (Å²) in [5.74, 6) is 2.71. The molecule has 27 heavy (non-hydrogen) atoms. The molecule has 0 aliphatic heterocycles. The third-order valence-electron chi connectivity index (χ3n) is 9.15. The second-order valence-electron chi connectivity index (χ2n) is 10.4. The molecule has 5 aliphatic rings. The standard InChI is InChI=1S/C27H32/c1-5-16-6-3-11-21-24(16)19(9-1)15-23-20-10-2-7-17-13-14-18-8-4-12-22(27(21)23)26(18)25(17)20/h15-18H,1-14H2. The molecule has 0 heteroatoms. The molecule has 5 aliphatic carbocycles. The Labute approximate surface area is 163 Å². The maximum atomic E-state index is 2.73. The average Bonchev–Trinajstić information content (AvgIpc) is 2.73. The molecule has 0 heterocycles. The lowest BCUT2D eigenvalue weighted by Crippen LogP contribution is -2.26. The van der Waals surface area contributed by atoms with Crippen LogP contribution in [0.4, 0.5) is 0 Å². The summed E-state index contributed by atoms with van der Waals surface area (Å²) in [6.07, 6.45) is 20.0. The van der Waals surface area contributed by atoms with E-state index in [1.165, 1.54) is 89.9 Å². The van der Waals surface area contributed by atoms with Gasteiger partial charge in [0.05, 0.1) is 0 Å². The zero-order valence-corrected chi connectivity index (χ0v) is 16.7. The highest BCUT2D eigenvalue weighted by Crippen LogP contribution is 2.55. The van der Waals surface area contributed by atoms with E-state index in [9.17, 15) is 0 Å². The van der Waals surface area contributed by atoms with Gasteiger partial charge in [-0.15, -0.1) is 0 Å². The van der Waals surface area contributed by atoms with Gasteiger partial charge >= 0.3 is 0 Å². The van der Waals surface area contributed by atoms with Crippen LogP contribution in [0.2, 0.25) is 0 Å². The van der Waals surface area contributed by atoms with Crippen LogP contribution in [0.25, 0.3) is 10.8 Å². The Morgan fingerprint density at radius 1 is 0.519 bits per heavy atom. The van der Waals surface area contributed by atoms with E-state index >= 15 is 0 Å². The summed E-state index contributed by atoms with van der Waals surface area (Å²) >= 11 is 0. The van der Waals surface area contributed by atoms with Crippen LogP contribution >= 0.6 is 0 Å². The van der Waals surface area contributed by atoms with Gasteiger partial charge in [0.1, 0.15) is 0 Å². The van der Waals surface area contributed by atoms with E-state index in [1.54, 1.807) is 16.3 Å². The van der Waals surface area contributed by atoms with Gasteiger partial charge in [0, 0.05) is 0 Å². The molecule has 2 aromatic carbocycles. The smallest absolute Gasteiger partial charge is 0.0111 e. The van der Waals surface area contributed by atoms with Crippen LogP contribution in [0, 0.1) is 0 Å². The van der Waals surface area contributed by atoms with Gasteiger partial charge in [0.15, 0.2) is 0 Å². The van der Waals surface area contributed by atoms with E-state index in [4.69, 9.17) is 0 Å². The zero-order valence-electron chi connectivity index (χ0n) is 16.7. The summed E-state index contributed by atoms with van der Waals surface area (Å²) in [5.41, 5.74) is 13.0. The van der Waals surface area contributed by atoms with Gasteiger partial charge < -0.3 is 0 Å². The Balaban J connectivity index is 1.65. The largest absolute Gasteiger partial charge is 0.0506 e. The molecule has 3 unspecified atom stereocenters. The number of hydrogen-bond acceptors (Lipinski definition) is 0. The van der Waals surface area contributed by atoms with Crippen molar-refractivity contribution in [2.45, 2.75) is 108 Å². The predicted molar refractivity (Wildman–Crippen MR) is 113 cm³/mol. The third-order valence-corrected chi connectivity index (χ3v) is 9.15. The summed E-state index contributed by atoms with van der Waals surface area (Å²) in [6, 6.07) is 2.73. The Morgan fingerprint density at radius 2 is 1.04 bits per heavy atom. The topological polar surface area (TPSA) is 0 Å². The third kappa shape index (κ3) is 2.00. The normalized spacial score (nSPS) is 30.7. The molecule has 2 aromatic rings. The minimum absolute atomic E-state index is 0.897. The highest BCUT2D eigenvalue weighted by atomic mass is 14.4. The Morgan fingerprint density at radius 3 is 1.74 bits per heavy atom. The molecule has 0 nitrogen and oxygen atoms in total. The van der Waals surface area contributed by atoms with E-state index < -0.39 is 0 Å². The lowest BCUT2D eigenvalue weighted by molar-refractivity contribution is 0.403. The molecule has 0 saturated heterocycles. The van der Waals surface area contributed by atoms with Crippen LogP contribution in [0.5, 0.6) is 0 Å². The van der Waals surface area contributed by atoms with E-state index in [2.05, 4.69) is 6.07 Å². The van der Waals surface area contributed by atoms with E-state index in [-0.39, 0.29) is 0 Å². The highest BCUT2D eigenvalue weighted by Gasteiger charge is 2.38. The zero-order chi connectivity index (χ0) is 17.5. The molecule has 0 N–H and O–H groups in total. The minimum Gasteiger partial charge on any atom is -0.0506 e. The van der Waals surface area contributed by atoms with E-state index in [1.807, 2.05) is 33.4 Å². The van der Waals surface area contributed by atoms with Crippen molar-refractivity contribution < 1.29 is 0 Å². The number of aryl methyl sites for hydroxylation is 4. The van der Waals surface area contributed by atoms with Crippen LogP contribution < -0.4 is 0 Å². The lowest BCUT2D eigenvalue weighted by Gasteiger charge is -2.42.